The molecule has 17 heavy (non-hydrogen) atoms. The van der Waals surface area contributed by atoms with Gasteiger partial charge in [-0.05, 0) is 31.6 Å². The summed E-state index contributed by atoms with van der Waals surface area (Å²) >= 11 is 0. The molecule has 0 bridgehead atoms. The van der Waals surface area contributed by atoms with Crippen molar-refractivity contribution in [3.05, 3.63) is 53.5 Å². The summed E-state index contributed by atoms with van der Waals surface area (Å²) in [5.41, 5.74) is 1.12. The van der Waals surface area contributed by atoms with Crippen LogP contribution in [0.1, 0.15) is 18.9 Å². The minimum absolute atomic E-state index is 0.506. The highest BCUT2D eigenvalue weighted by Gasteiger charge is 2.16. The summed E-state index contributed by atoms with van der Waals surface area (Å²) < 4.78 is 12.3. The van der Waals surface area contributed by atoms with Crippen molar-refractivity contribution >= 4 is 10.8 Å². The lowest BCUT2D eigenvalue weighted by molar-refractivity contribution is 0.214. The Hall–Kier alpha value is -1.19. The van der Waals surface area contributed by atoms with Gasteiger partial charge in [0.2, 0.25) is 0 Å². The van der Waals surface area contributed by atoms with Gasteiger partial charge < -0.3 is 5.11 Å². The van der Waals surface area contributed by atoms with Crippen molar-refractivity contribution in [3.8, 4) is 0 Å². The number of benzene rings is 1. The molecule has 92 valence electrons. The Labute approximate surface area is 105 Å². The first kappa shape index (κ1) is 13.9. The molecule has 0 amide bonds. The smallest absolute Gasteiger partial charge is 0.0874 e. The van der Waals surface area contributed by atoms with Crippen molar-refractivity contribution in [3.63, 3.8) is 0 Å². The Balaban J connectivity index is 3.04. The zero-order valence-electron chi connectivity index (χ0n) is 10.2. The lowest BCUT2D eigenvalue weighted by atomic mass is 10.2. The topological polar surface area (TPSA) is 37.3 Å². The van der Waals surface area contributed by atoms with E-state index in [1.54, 1.807) is 12.2 Å². The van der Waals surface area contributed by atoms with Crippen molar-refractivity contribution in [2.75, 3.05) is 0 Å². The van der Waals surface area contributed by atoms with Crippen molar-refractivity contribution in [1.29, 1.82) is 0 Å². The molecule has 1 N–H and O–H groups in total. The van der Waals surface area contributed by atoms with Gasteiger partial charge in [0.25, 0.3) is 0 Å². The molecule has 0 heterocycles. The monoisotopic (exact) mass is 250 g/mol. The second kappa shape index (κ2) is 6.52. The molecular formula is C14H18O2S. The third-order valence-electron chi connectivity index (χ3n) is 2.45. The molecule has 0 aliphatic rings. The van der Waals surface area contributed by atoms with Crippen LogP contribution >= 0.6 is 0 Å². The normalized spacial score (nSPS) is 15.4. The Morgan fingerprint density at radius 3 is 2.53 bits per heavy atom. The molecule has 0 fully saturated rings. The van der Waals surface area contributed by atoms with E-state index in [4.69, 9.17) is 0 Å². The van der Waals surface area contributed by atoms with Crippen LogP contribution in [-0.4, -0.2) is 15.4 Å². The summed E-state index contributed by atoms with van der Waals surface area (Å²) in [6.07, 6.45) is 3.04. The molecule has 0 aliphatic heterocycles. The first-order valence-corrected chi connectivity index (χ1v) is 6.74. The summed E-state index contributed by atoms with van der Waals surface area (Å²) in [6.45, 7) is 7.42. The predicted octanol–water partition coefficient (Wildman–Crippen LogP) is 2.94. The molecule has 1 aromatic rings. The first-order chi connectivity index (χ1) is 8.10. The van der Waals surface area contributed by atoms with Crippen LogP contribution in [0.4, 0.5) is 0 Å². The number of hydrogen-bond acceptors (Lipinski definition) is 2. The molecular weight excluding hydrogens is 232 g/mol. The van der Waals surface area contributed by atoms with E-state index < -0.39 is 16.9 Å². The van der Waals surface area contributed by atoms with Crippen LogP contribution in [0.2, 0.25) is 0 Å². The minimum atomic E-state index is -1.32. The molecule has 0 spiro atoms. The van der Waals surface area contributed by atoms with Gasteiger partial charge in [0.1, 0.15) is 0 Å². The van der Waals surface area contributed by atoms with Crippen LogP contribution in [0, 0.1) is 6.92 Å². The largest absolute Gasteiger partial charge is 0.388 e. The Bertz CT molecular complexity index is 432. The van der Waals surface area contributed by atoms with Gasteiger partial charge in [0.15, 0.2) is 0 Å². The molecule has 0 saturated heterocycles. The Morgan fingerprint density at radius 1 is 1.47 bits per heavy atom. The first-order valence-electron chi connectivity index (χ1n) is 5.59. The molecule has 0 saturated carbocycles. The van der Waals surface area contributed by atoms with Gasteiger partial charge in [0.05, 0.1) is 16.9 Å². The molecule has 0 radical (unpaired) electrons. The molecule has 0 aliphatic carbocycles. The van der Waals surface area contributed by atoms with Gasteiger partial charge in [-0.15, -0.1) is 0 Å². The average Bonchev–Trinajstić information content (AvgIpc) is 2.35. The second-order valence-corrected chi connectivity index (χ2v) is 5.29. The minimum Gasteiger partial charge on any atom is -0.388 e. The SMILES string of the molecule is C=C/C=C(\[C@H](O)CC)[S@@](=O)c1ccc(C)cc1. The fraction of sp³-hybridized carbons (Fsp3) is 0.286. The van der Waals surface area contributed by atoms with E-state index in [1.165, 1.54) is 0 Å². The van der Waals surface area contributed by atoms with Crippen LogP contribution < -0.4 is 0 Å². The van der Waals surface area contributed by atoms with E-state index in [9.17, 15) is 9.32 Å². The number of aliphatic hydroxyl groups excluding tert-OH is 1. The summed E-state index contributed by atoms with van der Waals surface area (Å²) in [6, 6.07) is 7.48. The Kier molecular flexibility index (Phi) is 5.32. The average molecular weight is 250 g/mol. The van der Waals surface area contributed by atoms with E-state index in [-0.39, 0.29) is 0 Å². The van der Waals surface area contributed by atoms with Crippen LogP contribution in [0.3, 0.4) is 0 Å². The summed E-state index contributed by atoms with van der Waals surface area (Å²) in [5.74, 6) is 0. The summed E-state index contributed by atoms with van der Waals surface area (Å²) in [4.78, 5) is 1.21. The predicted molar refractivity (Wildman–Crippen MR) is 72.2 cm³/mol. The van der Waals surface area contributed by atoms with E-state index in [0.717, 1.165) is 5.56 Å². The number of rotatable bonds is 5. The fourth-order valence-electron chi connectivity index (χ4n) is 1.41. The van der Waals surface area contributed by atoms with E-state index >= 15 is 0 Å². The fourth-order valence-corrected chi connectivity index (χ4v) is 2.70. The maximum Gasteiger partial charge on any atom is 0.0874 e. The number of hydrogen-bond donors (Lipinski definition) is 1. The maximum absolute atomic E-state index is 12.3. The standard InChI is InChI=1S/C14H18O2S/c1-4-6-14(13(15)5-2)17(16)12-9-7-11(3)8-10-12/h4,6-10,13,15H,1,5H2,2-3H3/b14-6+/t13-,17+/m1/s1. The third-order valence-corrected chi connectivity index (χ3v) is 3.98. The van der Waals surface area contributed by atoms with E-state index in [0.29, 0.717) is 16.2 Å². The van der Waals surface area contributed by atoms with Gasteiger partial charge >= 0.3 is 0 Å². The molecule has 1 rings (SSSR count). The van der Waals surface area contributed by atoms with Crippen molar-refractivity contribution in [2.45, 2.75) is 31.3 Å². The number of aliphatic hydroxyl groups is 1. The Morgan fingerprint density at radius 2 is 2.06 bits per heavy atom. The molecule has 2 atom stereocenters. The lowest BCUT2D eigenvalue weighted by Crippen LogP contribution is -2.13. The highest BCUT2D eigenvalue weighted by molar-refractivity contribution is 7.89. The lowest BCUT2D eigenvalue weighted by Gasteiger charge is -2.12. The van der Waals surface area contributed by atoms with Crippen LogP contribution in [0.25, 0.3) is 0 Å². The van der Waals surface area contributed by atoms with Gasteiger partial charge in [-0.3, -0.25) is 0 Å². The quantitative estimate of drug-likeness (QED) is 0.816. The molecule has 0 unspecified atom stereocenters. The number of allylic oxidation sites excluding steroid dienone is 2. The number of aryl methyl sites for hydroxylation is 1. The molecule has 2 nitrogen and oxygen atoms in total. The van der Waals surface area contributed by atoms with Gasteiger partial charge in [-0.1, -0.05) is 37.3 Å². The van der Waals surface area contributed by atoms with Crippen LogP contribution in [0.15, 0.2) is 52.8 Å². The van der Waals surface area contributed by atoms with Crippen molar-refractivity contribution < 1.29 is 9.32 Å². The van der Waals surface area contributed by atoms with E-state index in [1.807, 2.05) is 38.1 Å². The molecule has 1 aromatic carbocycles. The molecule has 0 aromatic heterocycles. The zero-order chi connectivity index (χ0) is 12.8. The highest BCUT2D eigenvalue weighted by atomic mass is 32.2. The van der Waals surface area contributed by atoms with Gasteiger partial charge in [-0.2, -0.15) is 0 Å². The zero-order valence-corrected chi connectivity index (χ0v) is 11.0. The summed E-state index contributed by atoms with van der Waals surface area (Å²) in [5, 5.41) is 9.83. The van der Waals surface area contributed by atoms with Gasteiger partial charge in [-0.25, -0.2) is 4.21 Å². The van der Waals surface area contributed by atoms with E-state index in [2.05, 4.69) is 6.58 Å². The van der Waals surface area contributed by atoms with Crippen LogP contribution in [-0.2, 0) is 10.8 Å². The van der Waals surface area contributed by atoms with Crippen molar-refractivity contribution in [1.82, 2.24) is 0 Å². The van der Waals surface area contributed by atoms with Crippen LogP contribution in [0.5, 0.6) is 0 Å². The van der Waals surface area contributed by atoms with Crippen molar-refractivity contribution in [2.24, 2.45) is 0 Å². The maximum atomic E-state index is 12.3. The third kappa shape index (κ3) is 3.65. The second-order valence-electron chi connectivity index (χ2n) is 3.81. The molecule has 3 heteroatoms. The summed E-state index contributed by atoms with van der Waals surface area (Å²) in [7, 11) is -1.32. The van der Waals surface area contributed by atoms with Gasteiger partial charge in [0, 0.05) is 9.80 Å². The highest BCUT2D eigenvalue weighted by Crippen LogP contribution is 2.19.